The van der Waals surface area contributed by atoms with Gasteiger partial charge in [0.25, 0.3) is 0 Å². The number of hydrogen-bond acceptors (Lipinski definition) is 8. The van der Waals surface area contributed by atoms with Gasteiger partial charge in [0.05, 0.1) is 33.9 Å². The van der Waals surface area contributed by atoms with Crippen molar-refractivity contribution in [2.45, 2.75) is 135 Å². The molecule has 0 aliphatic heterocycles. The zero-order valence-electron chi connectivity index (χ0n) is 35.9. The molecule has 324 valence electrons. The Hall–Kier alpha value is -3.11. The maximum atomic E-state index is 12.6. The Morgan fingerprint density at radius 3 is 1.68 bits per heavy atom. The Kier molecular flexibility index (Phi) is 35.2. The van der Waals surface area contributed by atoms with Gasteiger partial charge in [0.1, 0.15) is 19.8 Å². The summed E-state index contributed by atoms with van der Waals surface area (Å²) in [6, 6.07) is 0. The van der Waals surface area contributed by atoms with Crippen LogP contribution in [0.5, 0.6) is 0 Å². The number of phosphoric ester groups is 1. The largest absolute Gasteiger partial charge is 0.472 e. The lowest BCUT2D eigenvalue weighted by molar-refractivity contribution is -0.870. The average molecular weight is 819 g/mol. The van der Waals surface area contributed by atoms with E-state index in [1.165, 1.54) is 0 Å². The Balaban J connectivity index is 4.60. The molecule has 0 fully saturated rings. The van der Waals surface area contributed by atoms with Crippen molar-refractivity contribution in [1.82, 2.24) is 0 Å². The van der Waals surface area contributed by atoms with E-state index in [0.717, 1.165) is 77.0 Å². The fourth-order valence-electron chi connectivity index (χ4n) is 4.84. The fourth-order valence-corrected chi connectivity index (χ4v) is 5.58. The third-order valence-corrected chi connectivity index (χ3v) is 9.15. The van der Waals surface area contributed by atoms with Crippen molar-refractivity contribution in [2.24, 2.45) is 0 Å². The van der Waals surface area contributed by atoms with E-state index in [0.29, 0.717) is 30.3 Å². The smallest absolute Gasteiger partial charge is 0.462 e. The number of phosphoric acid groups is 1. The molecule has 0 bridgehead atoms. The minimum Gasteiger partial charge on any atom is -0.462 e. The minimum absolute atomic E-state index is 0.00245. The first kappa shape index (κ1) is 53.9. The number of nitrogens with zero attached hydrogens (tertiary/aromatic N) is 1. The van der Waals surface area contributed by atoms with Crippen molar-refractivity contribution in [1.29, 1.82) is 0 Å². The zero-order chi connectivity index (χ0) is 42.3. The van der Waals surface area contributed by atoms with Gasteiger partial charge in [-0.3, -0.25) is 18.6 Å². The average Bonchev–Trinajstić information content (AvgIpc) is 3.16. The minimum atomic E-state index is -4.41. The van der Waals surface area contributed by atoms with E-state index >= 15 is 0 Å². The molecule has 0 aromatic rings. The number of quaternary nitrogens is 1. The molecule has 3 atom stereocenters. The summed E-state index contributed by atoms with van der Waals surface area (Å²) < 4.78 is 34.1. The van der Waals surface area contributed by atoms with E-state index in [1.807, 2.05) is 39.4 Å². The highest BCUT2D eigenvalue weighted by atomic mass is 31.2. The highest BCUT2D eigenvalue weighted by molar-refractivity contribution is 7.47. The molecule has 0 radical (unpaired) electrons. The van der Waals surface area contributed by atoms with Crippen molar-refractivity contribution in [3.8, 4) is 0 Å². The number of aliphatic hydroxyl groups excluding tert-OH is 1. The molecule has 0 aliphatic carbocycles. The molecular formula is C46H77NO9P+. The molecule has 0 heterocycles. The summed E-state index contributed by atoms with van der Waals surface area (Å²) >= 11 is 0. The van der Waals surface area contributed by atoms with Crippen LogP contribution < -0.4 is 0 Å². The van der Waals surface area contributed by atoms with Crippen molar-refractivity contribution in [2.75, 3.05) is 47.5 Å². The third kappa shape index (κ3) is 40.9. The number of ether oxygens (including phenoxy) is 2. The van der Waals surface area contributed by atoms with Gasteiger partial charge in [-0.25, -0.2) is 4.57 Å². The monoisotopic (exact) mass is 819 g/mol. The van der Waals surface area contributed by atoms with E-state index in [-0.39, 0.29) is 32.2 Å². The highest BCUT2D eigenvalue weighted by Crippen LogP contribution is 2.43. The number of carbonyl (C=O) groups excluding carboxylic acids is 2. The number of esters is 2. The lowest BCUT2D eigenvalue weighted by Crippen LogP contribution is -2.37. The summed E-state index contributed by atoms with van der Waals surface area (Å²) in [5.74, 6) is -0.949. The van der Waals surface area contributed by atoms with E-state index in [1.54, 1.807) is 0 Å². The summed E-state index contributed by atoms with van der Waals surface area (Å²) in [6.07, 6.45) is 45.2. The van der Waals surface area contributed by atoms with Crippen LogP contribution in [0.4, 0.5) is 0 Å². The summed E-state index contributed by atoms with van der Waals surface area (Å²) in [4.78, 5) is 35.3. The van der Waals surface area contributed by atoms with Crippen LogP contribution in [-0.2, 0) is 32.7 Å². The molecule has 57 heavy (non-hydrogen) atoms. The van der Waals surface area contributed by atoms with Gasteiger partial charge in [0.2, 0.25) is 0 Å². The van der Waals surface area contributed by atoms with Gasteiger partial charge >= 0.3 is 19.8 Å². The first-order valence-corrected chi connectivity index (χ1v) is 22.5. The maximum Gasteiger partial charge on any atom is 0.472 e. The number of unbranched alkanes of at least 4 members (excludes halogenated alkanes) is 4. The van der Waals surface area contributed by atoms with Crippen molar-refractivity contribution >= 4 is 19.8 Å². The Bertz CT molecular complexity index is 1310. The molecule has 0 saturated heterocycles. The second-order valence-corrected chi connectivity index (χ2v) is 16.3. The van der Waals surface area contributed by atoms with Crippen LogP contribution >= 0.6 is 7.82 Å². The first-order valence-electron chi connectivity index (χ1n) is 21.1. The number of carbonyl (C=O) groups is 2. The first-order chi connectivity index (χ1) is 27.4. The molecule has 0 aromatic carbocycles. The van der Waals surface area contributed by atoms with Gasteiger partial charge in [-0.15, -0.1) is 0 Å². The van der Waals surface area contributed by atoms with Crippen molar-refractivity contribution in [3.05, 3.63) is 97.2 Å². The highest BCUT2D eigenvalue weighted by Gasteiger charge is 2.27. The number of likely N-dealkylation sites (N-methyl/N-ethyl adjacent to an activating group) is 1. The summed E-state index contributed by atoms with van der Waals surface area (Å²) in [5, 5.41) is 9.82. The van der Waals surface area contributed by atoms with Gasteiger partial charge in [0, 0.05) is 12.8 Å². The van der Waals surface area contributed by atoms with Crippen LogP contribution in [-0.4, -0.2) is 86.1 Å². The molecule has 11 heteroatoms. The number of allylic oxidation sites excluding steroid dienone is 15. The van der Waals surface area contributed by atoms with Crippen LogP contribution in [0.1, 0.15) is 123 Å². The van der Waals surface area contributed by atoms with Crippen LogP contribution in [0.3, 0.4) is 0 Å². The molecule has 0 aromatic heterocycles. The SMILES string of the molecule is CC/C=C\C/C=C\C/C=C\C/C=C\CCCCC(=O)O[C@H](COC(=O)CCC/C=C\C/C=C\C/C=C\C/C=C\[C@@H](O)CCCC)COP(=O)(O)OCC[N+](C)(C)C. The number of rotatable bonds is 36. The molecule has 2 N–H and O–H groups in total. The van der Waals surface area contributed by atoms with Gasteiger partial charge < -0.3 is 24.0 Å². The summed E-state index contributed by atoms with van der Waals surface area (Å²) in [5.41, 5.74) is 0. The van der Waals surface area contributed by atoms with E-state index < -0.39 is 32.5 Å². The molecular weight excluding hydrogens is 741 g/mol. The number of hydrogen-bond donors (Lipinski definition) is 2. The van der Waals surface area contributed by atoms with E-state index in [4.69, 9.17) is 18.5 Å². The van der Waals surface area contributed by atoms with Crippen molar-refractivity contribution in [3.63, 3.8) is 0 Å². The Labute approximate surface area is 346 Å². The van der Waals surface area contributed by atoms with Gasteiger partial charge in [-0.05, 0) is 83.5 Å². The summed E-state index contributed by atoms with van der Waals surface area (Å²) in [6.45, 7) is 3.99. The molecule has 0 aliphatic rings. The molecule has 10 nitrogen and oxygen atoms in total. The third-order valence-electron chi connectivity index (χ3n) is 8.17. The second-order valence-electron chi connectivity index (χ2n) is 14.8. The maximum absolute atomic E-state index is 12.6. The standard InChI is InChI=1S/C46H76NO9P/c1-6-8-10-11-12-13-14-15-16-17-22-25-28-31-34-38-46(50)56-44(42-55-57(51,52)54-40-39-47(3,4)5)41-53-45(49)37-33-30-27-24-21-19-18-20-23-26-29-32-36-43(48)35-9-7-2/h8,10,12-13,15-16,18-19,22-27,32,36,43-44,48H,6-7,9,11,14,17,20-21,28-31,33-35,37-42H2,1-5H3/p+1/b10-8-,13-12-,16-15-,19-18-,25-22-,26-23-,27-24-,36-32-/t43-,44+/m0/s1. The van der Waals surface area contributed by atoms with E-state index in [9.17, 15) is 24.2 Å². The lowest BCUT2D eigenvalue weighted by atomic mass is 10.1. The van der Waals surface area contributed by atoms with Crippen LogP contribution in [0.2, 0.25) is 0 Å². The van der Waals surface area contributed by atoms with Crippen LogP contribution in [0, 0.1) is 0 Å². The van der Waals surface area contributed by atoms with Crippen LogP contribution in [0.15, 0.2) is 97.2 Å². The van der Waals surface area contributed by atoms with Crippen LogP contribution in [0.25, 0.3) is 0 Å². The molecule has 1 unspecified atom stereocenters. The molecule has 0 amide bonds. The van der Waals surface area contributed by atoms with Crippen molar-refractivity contribution < 1.29 is 47.2 Å². The van der Waals surface area contributed by atoms with Gasteiger partial charge in [0.15, 0.2) is 6.10 Å². The fraction of sp³-hybridized carbons (Fsp3) is 0.609. The molecule has 0 rings (SSSR count). The zero-order valence-corrected chi connectivity index (χ0v) is 36.8. The Morgan fingerprint density at radius 1 is 0.632 bits per heavy atom. The summed E-state index contributed by atoms with van der Waals surface area (Å²) in [7, 11) is 1.38. The lowest BCUT2D eigenvalue weighted by Gasteiger charge is -2.24. The normalized spacial score (nSPS) is 15.1. The Morgan fingerprint density at radius 2 is 1.14 bits per heavy atom. The number of aliphatic hydroxyl groups is 1. The van der Waals surface area contributed by atoms with Gasteiger partial charge in [-0.1, -0.05) is 124 Å². The predicted octanol–water partition coefficient (Wildman–Crippen LogP) is 10.8. The molecule has 0 saturated carbocycles. The van der Waals surface area contributed by atoms with Gasteiger partial charge in [-0.2, -0.15) is 0 Å². The molecule has 0 spiro atoms. The predicted molar refractivity (Wildman–Crippen MR) is 234 cm³/mol. The quantitative estimate of drug-likeness (QED) is 0.0209. The topological polar surface area (TPSA) is 129 Å². The van der Waals surface area contributed by atoms with E-state index in [2.05, 4.69) is 92.8 Å². The second kappa shape index (κ2) is 37.2.